The lowest BCUT2D eigenvalue weighted by molar-refractivity contribution is 0.717. The molecule has 3 nitrogen and oxygen atoms in total. The third kappa shape index (κ3) is 5.55. The Bertz CT molecular complexity index is 1640. The SMILES string of the molecule is CCC(C)c1cccc(C(C)C)c1NC(c1c(C)cc(C)cc1C)c1nc2c(C3=CCC=CC=C3)cccc2n1C. The zero-order chi connectivity index (χ0) is 29.3. The number of benzene rings is 3. The van der Waals surface area contributed by atoms with Gasteiger partial charge in [0.15, 0.2) is 0 Å². The first-order chi connectivity index (χ1) is 19.7. The normalized spacial score (nSPS) is 14.8. The van der Waals surface area contributed by atoms with Crippen LogP contribution in [0.1, 0.15) is 103 Å². The molecule has 4 aromatic rings. The second kappa shape index (κ2) is 11.9. The summed E-state index contributed by atoms with van der Waals surface area (Å²) in [6.45, 7) is 15.9. The minimum absolute atomic E-state index is 0.108. The van der Waals surface area contributed by atoms with Crippen molar-refractivity contribution < 1.29 is 0 Å². The largest absolute Gasteiger partial charge is 0.371 e. The van der Waals surface area contributed by atoms with Crippen LogP contribution in [0.25, 0.3) is 16.6 Å². The third-order valence-corrected chi connectivity index (χ3v) is 8.72. The fourth-order valence-electron chi connectivity index (χ4n) is 6.43. The Kier molecular flexibility index (Phi) is 8.35. The van der Waals surface area contributed by atoms with Crippen LogP contribution in [0.4, 0.5) is 5.69 Å². The van der Waals surface area contributed by atoms with E-state index in [1.807, 2.05) is 0 Å². The summed E-state index contributed by atoms with van der Waals surface area (Å²) in [6, 6.07) is 17.9. The van der Waals surface area contributed by atoms with E-state index >= 15 is 0 Å². The number of allylic oxidation sites excluding steroid dienone is 6. The Hall–Kier alpha value is -3.85. The van der Waals surface area contributed by atoms with Crippen LogP contribution in [-0.2, 0) is 7.05 Å². The topological polar surface area (TPSA) is 29.9 Å². The maximum Gasteiger partial charge on any atom is 0.136 e. The van der Waals surface area contributed by atoms with Crippen molar-refractivity contribution in [3.8, 4) is 0 Å². The zero-order valence-corrected chi connectivity index (χ0v) is 26.0. The van der Waals surface area contributed by atoms with Crippen molar-refractivity contribution in [2.75, 3.05) is 5.32 Å². The second-order valence-electron chi connectivity index (χ2n) is 12.0. The minimum atomic E-state index is -0.108. The van der Waals surface area contributed by atoms with Crippen LogP contribution >= 0.6 is 0 Å². The molecule has 1 aromatic heterocycles. The number of nitrogens with one attached hydrogen (secondary N) is 1. The number of para-hydroxylation sites is 2. The number of imidazole rings is 1. The monoisotopic (exact) mass is 543 g/mol. The van der Waals surface area contributed by atoms with Crippen LogP contribution in [0.3, 0.4) is 0 Å². The van der Waals surface area contributed by atoms with Gasteiger partial charge in [-0.3, -0.25) is 0 Å². The molecule has 3 aromatic carbocycles. The Morgan fingerprint density at radius 2 is 1.63 bits per heavy atom. The second-order valence-corrected chi connectivity index (χ2v) is 12.0. The predicted octanol–water partition coefficient (Wildman–Crippen LogP) is 10.2. The summed E-state index contributed by atoms with van der Waals surface area (Å²) in [4.78, 5) is 5.47. The number of anilines is 1. The molecule has 1 heterocycles. The molecule has 0 aliphatic heterocycles. The molecule has 1 N–H and O–H groups in total. The van der Waals surface area contributed by atoms with Gasteiger partial charge in [-0.15, -0.1) is 0 Å². The lowest BCUT2D eigenvalue weighted by atomic mass is 9.88. The van der Waals surface area contributed by atoms with Gasteiger partial charge >= 0.3 is 0 Å². The molecule has 0 radical (unpaired) electrons. The molecule has 3 heteroatoms. The highest BCUT2D eigenvalue weighted by atomic mass is 15.1. The van der Waals surface area contributed by atoms with E-state index in [9.17, 15) is 0 Å². The Balaban J connectivity index is 1.77. The van der Waals surface area contributed by atoms with E-state index in [0.29, 0.717) is 11.8 Å². The first kappa shape index (κ1) is 28.7. The standard InChI is InChI=1S/C38H45N3/c1-9-26(5)31-19-14-18-30(24(2)3)35(31)39-37(34-27(6)22-25(4)23-28(34)7)38-40-36-32(20-15-21-33(36)41(38)8)29-16-12-10-11-13-17-29/h10-12,14-24,26,37,39H,9,13H2,1-8H3. The van der Waals surface area contributed by atoms with E-state index in [1.165, 1.54) is 50.2 Å². The van der Waals surface area contributed by atoms with Crippen molar-refractivity contribution in [1.82, 2.24) is 9.55 Å². The van der Waals surface area contributed by atoms with Crippen LogP contribution in [0.15, 0.2) is 78.9 Å². The van der Waals surface area contributed by atoms with Crippen LogP contribution in [-0.4, -0.2) is 9.55 Å². The van der Waals surface area contributed by atoms with E-state index in [4.69, 9.17) is 4.98 Å². The van der Waals surface area contributed by atoms with Crippen molar-refractivity contribution in [2.45, 2.75) is 79.2 Å². The van der Waals surface area contributed by atoms with E-state index < -0.39 is 0 Å². The van der Waals surface area contributed by atoms with Gasteiger partial charge in [0.05, 0.1) is 11.0 Å². The summed E-state index contributed by atoms with van der Waals surface area (Å²) in [5.74, 6) is 1.89. The number of fused-ring (bicyclic) bond motifs is 1. The number of nitrogens with zero attached hydrogens (tertiary/aromatic N) is 2. The fraction of sp³-hybridized carbons (Fsp3) is 0.342. The summed E-state index contributed by atoms with van der Waals surface area (Å²) in [5.41, 5.74) is 13.8. The van der Waals surface area contributed by atoms with Crippen LogP contribution in [0.2, 0.25) is 0 Å². The highest BCUT2D eigenvalue weighted by Gasteiger charge is 2.28. The fourth-order valence-corrected chi connectivity index (χ4v) is 6.43. The molecule has 41 heavy (non-hydrogen) atoms. The summed E-state index contributed by atoms with van der Waals surface area (Å²) >= 11 is 0. The number of aromatic nitrogens is 2. The molecule has 0 saturated heterocycles. The van der Waals surface area contributed by atoms with Crippen molar-refractivity contribution in [3.05, 3.63) is 124 Å². The van der Waals surface area contributed by atoms with Gasteiger partial charge in [0.1, 0.15) is 11.9 Å². The van der Waals surface area contributed by atoms with Crippen LogP contribution in [0, 0.1) is 20.8 Å². The molecule has 2 unspecified atom stereocenters. The average Bonchev–Trinajstić information content (AvgIpc) is 3.10. The van der Waals surface area contributed by atoms with Gasteiger partial charge in [0.2, 0.25) is 0 Å². The Labute approximate surface area is 246 Å². The van der Waals surface area contributed by atoms with Gasteiger partial charge in [-0.1, -0.05) is 106 Å². The van der Waals surface area contributed by atoms with Crippen molar-refractivity contribution in [1.29, 1.82) is 0 Å². The van der Waals surface area contributed by atoms with Crippen LogP contribution < -0.4 is 5.32 Å². The number of hydrogen-bond acceptors (Lipinski definition) is 2. The molecule has 0 saturated carbocycles. The van der Waals surface area contributed by atoms with E-state index in [1.54, 1.807) is 0 Å². The molecule has 5 rings (SSSR count). The van der Waals surface area contributed by atoms with Crippen molar-refractivity contribution >= 4 is 22.3 Å². The van der Waals surface area contributed by atoms with Crippen LogP contribution in [0.5, 0.6) is 0 Å². The molecule has 0 amide bonds. The zero-order valence-electron chi connectivity index (χ0n) is 26.0. The first-order valence-electron chi connectivity index (χ1n) is 15.2. The molecular weight excluding hydrogens is 498 g/mol. The maximum atomic E-state index is 5.47. The maximum absolute atomic E-state index is 5.47. The highest BCUT2D eigenvalue weighted by molar-refractivity contribution is 5.93. The van der Waals surface area contributed by atoms with Gasteiger partial charge in [-0.25, -0.2) is 4.98 Å². The molecule has 2 atom stereocenters. The number of rotatable bonds is 8. The number of aryl methyl sites for hydroxylation is 4. The van der Waals surface area contributed by atoms with E-state index in [0.717, 1.165) is 29.7 Å². The predicted molar refractivity (Wildman–Crippen MR) is 177 cm³/mol. The lowest BCUT2D eigenvalue weighted by Crippen LogP contribution is -2.21. The molecule has 0 fully saturated rings. The van der Waals surface area contributed by atoms with Gasteiger partial charge < -0.3 is 9.88 Å². The summed E-state index contributed by atoms with van der Waals surface area (Å²) < 4.78 is 2.30. The van der Waals surface area contributed by atoms with Gasteiger partial charge in [0, 0.05) is 18.3 Å². The summed E-state index contributed by atoms with van der Waals surface area (Å²) in [7, 11) is 2.17. The molecule has 0 bridgehead atoms. The smallest absolute Gasteiger partial charge is 0.136 e. The van der Waals surface area contributed by atoms with Gasteiger partial charge in [0.25, 0.3) is 0 Å². The van der Waals surface area contributed by atoms with Gasteiger partial charge in [-0.2, -0.15) is 0 Å². The molecule has 0 spiro atoms. The van der Waals surface area contributed by atoms with Crippen molar-refractivity contribution in [3.63, 3.8) is 0 Å². The quantitative estimate of drug-likeness (QED) is 0.240. The van der Waals surface area contributed by atoms with Crippen molar-refractivity contribution in [2.24, 2.45) is 7.05 Å². The molecule has 1 aliphatic rings. The number of hydrogen-bond donors (Lipinski definition) is 1. The highest BCUT2D eigenvalue weighted by Crippen LogP contribution is 2.40. The molecular formula is C38H45N3. The first-order valence-corrected chi connectivity index (χ1v) is 15.2. The third-order valence-electron chi connectivity index (χ3n) is 8.72. The Morgan fingerprint density at radius 1 is 0.927 bits per heavy atom. The molecule has 1 aliphatic carbocycles. The Morgan fingerprint density at radius 3 is 2.34 bits per heavy atom. The summed E-state index contributed by atoms with van der Waals surface area (Å²) in [5, 5.41) is 4.14. The lowest BCUT2D eigenvalue weighted by Gasteiger charge is -2.29. The van der Waals surface area contributed by atoms with E-state index in [2.05, 4.69) is 144 Å². The molecule has 212 valence electrons. The minimum Gasteiger partial charge on any atom is -0.371 e. The van der Waals surface area contributed by atoms with E-state index in [-0.39, 0.29) is 6.04 Å². The summed E-state index contributed by atoms with van der Waals surface area (Å²) in [6.07, 6.45) is 13.0. The average molecular weight is 544 g/mol. The van der Waals surface area contributed by atoms with Gasteiger partial charge in [-0.05, 0) is 84.9 Å².